The zero-order chi connectivity index (χ0) is 19.0. The van der Waals surface area contributed by atoms with Crippen LogP contribution in [0, 0.1) is 19.3 Å². The molecule has 6 heteroatoms. The molecule has 2 fully saturated rings. The second kappa shape index (κ2) is 7.38. The Hall–Kier alpha value is -1.69. The van der Waals surface area contributed by atoms with Crippen molar-refractivity contribution in [1.29, 1.82) is 0 Å². The van der Waals surface area contributed by atoms with Crippen LogP contribution in [0.15, 0.2) is 18.2 Å². The van der Waals surface area contributed by atoms with E-state index < -0.39 is 0 Å². The van der Waals surface area contributed by atoms with Crippen molar-refractivity contribution in [3.8, 4) is 11.3 Å². The summed E-state index contributed by atoms with van der Waals surface area (Å²) >= 11 is 6.50. The predicted octanol–water partition coefficient (Wildman–Crippen LogP) is 3.91. The third-order valence-corrected chi connectivity index (χ3v) is 6.53. The fraction of sp³-hybridized carbons (Fsp3) is 0.524. The van der Waals surface area contributed by atoms with Crippen molar-refractivity contribution in [3.63, 3.8) is 0 Å². The monoisotopic (exact) mass is 387 g/mol. The summed E-state index contributed by atoms with van der Waals surface area (Å²) in [6.07, 6.45) is 3.36. The molecule has 3 heterocycles. The Morgan fingerprint density at radius 2 is 1.96 bits per heavy atom. The lowest BCUT2D eigenvalue weighted by Gasteiger charge is -2.39. The maximum Gasteiger partial charge on any atom is 0.153 e. The molecule has 1 spiro atoms. The molecule has 0 bridgehead atoms. The summed E-state index contributed by atoms with van der Waals surface area (Å²) < 4.78 is 5.63. The Morgan fingerprint density at radius 1 is 1.19 bits per heavy atom. The number of rotatable bonds is 3. The third kappa shape index (κ3) is 3.44. The van der Waals surface area contributed by atoms with Crippen LogP contribution in [0.4, 0.5) is 5.82 Å². The van der Waals surface area contributed by atoms with Gasteiger partial charge in [0.25, 0.3) is 0 Å². The van der Waals surface area contributed by atoms with Gasteiger partial charge in [-0.3, -0.25) is 0 Å². The van der Waals surface area contributed by atoms with Crippen molar-refractivity contribution >= 4 is 17.4 Å². The molecule has 4 rings (SSSR count). The van der Waals surface area contributed by atoms with Gasteiger partial charge in [0.1, 0.15) is 5.69 Å². The second-order valence-electron chi connectivity index (χ2n) is 7.81. The molecule has 0 amide bonds. The van der Waals surface area contributed by atoms with Gasteiger partial charge < -0.3 is 14.7 Å². The van der Waals surface area contributed by atoms with E-state index in [4.69, 9.17) is 26.3 Å². The lowest BCUT2D eigenvalue weighted by Crippen LogP contribution is -2.41. The third-order valence-electron chi connectivity index (χ3n) is 6.03. The first-order valence-electron chi connectivity index (χ1n) is 9.59. The number of aliphatic hydroxyl groups excluding tert-OH is 1. The molecule has 1 aromatic carbocycles. The minimum absolute atomic E-state index is 0.135. The molecular formula is C21H26ClN3O2. The molecule has 0 aliphatic carbocycles. The Balaban J connectivity index is 1.65. The van der Waals surface area contributed by atoms with E-state index in [0.29, 0.717) is 16.1 Å². The number of ether oxygens (including phenoxy) is 1. The van der Waals surface area contributed by atoms with Gasteiger partial charge in [0.15, 0.2) is 5.82 Å². The van der Waals surface area contributed by atoms with Gasteiger partial charge in [-0.1, -0.05) is 29.8 Å². The number of hydrogen-bond acceptors (Lipinski definition) is 5. The summed E-state index contributed by atoms with van der Waals surface area (Å²) in [4.78, 5) is 11.9. The Labute approximate surface area is 165 Å². The van der Waals surface area contributed by atoms with Gasteiger partial charge in [0, 0.05) is 25.3 Å². The fourth-order valence-corrected chi connectivity index (χ4v) is 4.44. The average Bonchev–Trinajstić information content (AvgIpc) is 3.13. The van der Waals surface area contributed by atoms with Crippen molar-refractivity contribution in [2.45, 2.75) is 39.7 Å². The van der Waals surface area contributed by atoms with Gasteiger partial charge in [-0.05, 0) is 44.1 Å². The highest BCUT2D eigenvalue weighted by atomic mass is 35.5. The van der Waals surface area contributed by atoms with Crippen molar-refractivity contribution in [2.24, 2.45) is 5.41 Å². The first kappa shape index (κ1) is 18.7. The van der Waals surface area contributed by atoms with E-state index in [1.165, 1.54) is 0 Å². The number of benzene rings is 1. The molecule has 0 unspecified atom stereocenters. The van der Waals surface area contributed by atoms with Gasteiger partial charge in [0.05, 0.1) is 29.6 Å². The zero-order valence-electron chi connectivity index (χ0n) is 16.0. The molecule has 0 atom stereocenters. The van der Waals surface area contributed by atoms with E-state index >= 15 is 0 Å². The minimum Gasteiger partial charge on any atom is -0.390 e. The topological polar surface area (TPSA) is 58.5 Å². The SMILES string of the molecule is Cc1cccc(-c2nc(CO)c(N3CCC4(CCOC4)CC3)nc2C)c1Cl. The van der Waals surface area contributed by atoms with Crippen LogP contribution in [0.1, 0.15) is 36.2 Å². The number of anilines is 1. The van der Waals surface area contributed by atoms with E-state index in [1.807, 2.05) is 32.0 Å². The Bertz CT molecular complexity index is 840. The van der Waals surface area contributed by atoms with E-state index in [0.717, 1.165) is 73.9 Å². The van der Waals surface area contributed by atoms with Crippen LogP contribution in [0.25, 0.3) is 11.3 Å². The summed E-state index contributed by atoms with van der Waals surface area (Å²) in [5, 5.41) is 10.6. The highest BCUT2D eigenvalue weighted by molar-refractivity contribution is 6.34. The summed E-state index contributed by atoms with van der Waals surface area (Å²) in [6.45, 7) is 7.41. The normalized spacial score (nSPS) is 19.0. The highest BCUT2D eigenvalue weighted by Gasteiger charge is 2.38. The van der Waals surface area contributed by atoms with Crippen LogP contribution < -0.4 is 4.90 Å². The van der Waals surface area contributed by atoms with Crippen molar-refractivity contribution < 1.29 is 9.84 Å². The highest BCUT2D eigenvalue weighted by Crippen LogP contribution is 2.40. The molecule has 0 radical (unpaired) electrons. The van der Waals surface area contributed by atoms with E-state index in [2.05, 4.69) is 4.90 Å². The predicted molar refractivity (Wildman–Crippen MR) is 107 cm³/mol. The van der Waals surface area contributed by atoms with Crippen LogP contribution >= 0.6 is 11.6 Å². The summed E-state index contributed by atoms with van der Waals surface area (Å²) in [5.41, 5.74) is 4.40. The van der Waals surface area contributed by atoms with Crippen molar-refractivity contribution in [3.05, 3.63) is 40.2 Å². The maximum atomic E-state index is 9.96. The summed E-state index contributed by atoms with van der Waals surface area (Å²) in [5.74, 6) is 0.802. The Morgan fingerprint density at radius 3 is 2.63 bits per heavy atom. The van der Waals surface area contributed by atoms with Crippen LogP contribution in [0.5, 0.6) is 0 Å². The zero-order valence-corrected chi connectivity index (χ0v) is 16.7. The number of halogens is 1. The van der Waals surface area contributed by atoms with Crippen molar-refractivity contribution in [1.82, 2.24) is 9.97 Å². The van der Waals surface area contributed by atoms with Crippen LogP contribution in [0.3, 0.4) is 0 Å². The largest absolute Gasteiger partial charge is 0.390 e. The number of hydrogen-bond donors (Lipinski definition) is 1. The Kier molecular flexibility index (Phi) is 5.10. The smallest absolute Gasteiger partial charge is 0.153 e. The van der Waals surface area contributed by atoms with Gasteiger partial charge in [0.2, 0.25) is 0 Å². The maximum absolute atomic E-state index is 9.96. The molecule has 2 saturated heterocycles. The molecule has 0 saturated carbocycles. The van der Waals surface area contributed by atoms with Gasteiger partial charge >= 0.3 is 0 Å². The van der Waals surface area contributed by atoms with Crippen LogP contribution in [-0.2, 0) is 11.3 Å². The van der Waals surface area contributed by atoms with E-state index in [9.17, 15) is 5.11 Å². The van der Waals surface area contributed by atoms with Gasteiger partial charge in [-0.15, -0.1) is 0 Å². The van der Waals surface area contributed by atoms with E-state index in [1.54, 1.807) is 0 Å². The van der Waals surface area contributed by atoms with Crippen LogP contribution in [-0.4, -0.2) is 41.4 Å². The first-order valence-corrected chi connectivity index (χ1v) is 9.97. The minimum atomic E-state index is -0.135. The first-order chi connectivity index (χ1) is 13.0. The fourth-order valence-electron chi connectivity index (χ4n) is 4.22. The summed E-state index contributed by atoms with van der Waals surface area (Å²) in [6, 6.07) is 5.90. The molecule has 2 aromatic rings. The number of aromatic nitrogens is 2. The number of aliphatic hydroxyl groups is 1. The summed E-state index contributed by atoms with van der Waals surface area (Å²) in [7, 11) is 0. The lowest BCUT2D eigenvalue weighted by atomic mass is 9.78. The second-order valence-corrected chi connectivity index (χ2v) is 8.19. The molecule has 27 heavy (non-hydrogen) atoms. The number of aryl methyl sites for hydroxylation is 2. The molecule has 5 nitrogen and oxygen atoms in total. The quantitative estimate of drug-likeness (QED) is 0.865. The van der Waals surface area contributed by atoms with Crippen molar-refractivity contribution in [2.75, 3.05) is 31.2 Å². The number of nitrogens with zero attached hydrogens (tertiary/aromatic N) is 3. The molecule has 1 N–H and O–H groups in total. The molecule has 2 aliphatic heterocycles. The lowest BCUT2D eigenvalue weighted by molar-refractivity contribution is 0.133. The van der Waals surface area contributed by atoms with Gasteiger partial charge in [-0.25, -0.2) is 9.97 Å². The standard InChI is InChI=1S/C21H26ClN3O2/c1-14-4-3-5-16(18(14)22)19-15(2)23-20(17(12-26)24-19)25-9-6-21(7-10-25)8-11-27-13-21/h3-5,26H,6-13H2,1-2H3. The average molecular weight is 388 g/mol. The molecule has 1 aromatic heterocycles. The van der Waals surface area contributed by atoms with Crippen LogP contribution in [0.2, 0.25) is 5.02 Å². The van der Waals surface area contributed by atoms with Gasteiger partial charge in [-0.2, -0.15) is 0 Å². The molecule has 144 valence electrons. The number of piperidine rings is 1. The molecule has 2 aliphatic rings. The van der Waals surface area contributed by atoms with E-state index in [-0.39, 0.29) is 6.61 Å². The molecular weight excluding hydrogens is 362 g/mol.